The third kappa shape index (κ3) is 6.86. The summed E-state index contributed by atoms with van der Waals surface area (Å²) in [4.78, 5) is 12.3. The molecule has 0 bridgehead atoms. The summed E-state index contributed by atoms with van der Waals surface area (Å²) >= 11 is 3.35. The number of rotatable bonds is 9. The Bertz CT molecular complexity index is 705. The summed E-state index contributed by atoms with van der Waals surface area (Å²) in [7, 11) is 0. The van der Waals surface area contributed by atoms with E-state index < -0.39 is 12.2 Å². The first-order valence-corrected chi connectivity index (χ1v) is 9.50. The maximum absolute atomic E-state index is 12.3. The van der Waals surface area contributed by atoms with Gasteiger partial charge in [0.15, 0.2) is 0 Å². The SMILES string of the molecule is C[C@H](CCO)[C@H](OC(=O)Nc1ccc(Br)cc1)c1ccc(OCCO)cc1. The van der Waals surface area contributed by atoms with E-state index in [4.69, 9.17) is 14.6 Å². The van der Waals surface area contributed by atoms with Crippen LogP contribution in [-0.2, 0) is 4.74 Å². The van der Waals surface area contributed by atoms with Crippen LogP contribution < -0.4 is 10.1 Å². The molecule has 0 aromatic heterocycles. The number of amides is 1. The Morgan fingerprint density at radius 1 is 1.07 bits per heavy atom. The van der Waals surface area contributed by atoms with Gasteiger partial charge in [0.1, 0.15) is 18.5 Å². The van der Waals surface area contributed by atoms with E-state index in [1.54, 1.807) is 24.3 Å². The van der Waals surface area contributed by atoms with E-state index in [9.17, 15) is 9.90 Å². The standard InChI is InChI=1S/C20H24BrNO5/c1-14(10-11-23)19(15-2-8-18(9-3-15)26-13-12-24)27-20(25)22-17-6-4-16(21)5-7-17/h2-9,14,19,23-24H,10-13H2,1H3,(H,22,25)/t14-,19+/m1/s1. The van der Waals surface area contributed by atoms with E-state index in [0.717, 1.165) is 10.0 Å². The molecular weight excluding hydrogens is 414 g/mol. The zero-order valence-corrected chi connectivity index (χ0v) is 16.7. The number of aliphatic hydroxyl groups excluding tert-OH is 2. The van der Waals surface area contributed by atoms with Gasteiger partial charge in [-0.15, -0.1) is 0 Å². The first-order valence-electron chi connectivity index (χ1n) is 8.71. The Kier molecular flexibility index (Phi) is 8.57. The molecule has 3 N–H and O–H groups in total. The Hall–Kier alpha value is -2.09. The van der Waals surface area contributed by atoms with Gasteiger partial charge in [-0.25, -0.2) is 4.79 Å². The van der Waals surface area contributed by atoms with Crippen molar-refractivity contribution in [2.45, 2.75) is 19.4 Å². The normalized spacial score (nSPS) is 12.9. The van der Waals surface area contributed by atoms with Crippen LogP contribution in [0.15, 0.2) is 53.0 Å². The number of hydrogen-bond donors (Lipinski definition) is 3. The molecule has 0 spiro atoms. The molecule has 0 fully saturated rings. The van der Waals surface area contributed by atoms with Gasteiger partial charge in [-0.3, -0.25) is 5.32 Å². The second-order valence-electron chi connectivity index (χ2n) is 6.09. The molecule has 2 aromatic carbocycles. The van der Waals surface area contributed by atoms with Crippen molar-refractivity contribution in [3.05, 3.63) is 58.6 Å². The van der Waals surface area contributed by atoms with Gasteiger partial charge < -0.3 is 19.7 Å². The van der Waals surface area contributed by atoms with Gasteiger partial charge in [-0.2, -0.15) is 0 Å². The van der Waals surface area contributed by atoms with Gasteiger partial charge in [0, 0.05) is 16.8 Å². The molecule has 0 radical (unpaired) electrons. The Morgan fingerprint density at radius 3 is 2.33 bits per heavy atom. The number of anilines is 1. The highest BCUT2D eigenvalue weighted by Crippen LogP contribution is 2.30. The highest BCUT2D eigenvalue weighted by atomic mass is 79.9. The summed E-state index contributed by atoms with van der Waals surface area (Å²) in [6.45, 7) is 2.09. The number of halogens is 1. The lowest BCUT2D eigenvalue weighted by atomic mass is 9.94. The summed E-state index contributed by atoms with van der Waals surface area (Å²) in [6.07, 6.45) is -0.578. The molecule has 0 unspecified atom stereocenters. The first kappa shape index (κ1) is 21.2. The molecule has 0 aliphatic rings. The van der Waals surface area contributed by atoms with E-state index in [1.807, 2.05) is 31.2 Å². The number of hydrogen-bond acceptors (Lipinski definition) is 5. The number of ether oxygens (including phenoxy) is 2. The minimum absolute atomic E-state index is 0.00700. The molecule has 7 heteroatoms. The lowest BCUT2D eigenvalue weighted by Gasteiger charge is -2.24. The monoisotopic (exact) mass is 437 g/mol. The molecule has 0 saturated heterocycles. The van der Waals surface area contributed by atoms with Crippen LogP contribution >= 0.6 is 15.9 Å². The van der Waals surface area contributed by atoms with Gasteiger partial charge >= 0.3 is 6.09 Å². The van der Waals surface area contributed by atoms with Crippen LogP contribution in [0.3, 0.4) is 0 Å². The van der Waals surface area contributed by atoms with E-state index in [1.165, 1.54) is 0 Å². The molecule has 0 heterocycles. The average Bonchev–Trinajstić information content (AvgIpc) is 2.67. The summed E-state index contributed by atoms with van der Waals surface area (Å²) in [5.41, 5.74) is 1.43. The molecule has 27 heavy (non-hydrogen) atoms. The zero-order chi connectivity index (χ0) is 19.6. The van der Waals surface area contributed by atoms with Crippen molar-refractivity contribution >= 4 is 27.7 Å². The van der Waals surface area contributed by atoms with Crippen LogP contribution in [0.4, 0.5) is 10.5 Å². The fourth-order valence-corrected chi connectivity index (χ4v) is 2.85. The maximum Gasteiger partial charge on any atom is 0.412 e. The second kappa shape index (κ2) is 10.9. The van der Waals surface area contributed by atoms with E-state index in [0.29, 0.717) is 17.9 Å². The third-order valence-corrected chi connectivity index (χ3v) is 4.52. The van der Waals surface area contributed by atoms with Crippen molar-refractivity contribution in [1.82, 2.24) is 0 Å². The van der Waals surface area contributed by atoms with Crippen LogP contribution in [0.25, 0.3) is 0 Å². The summed E-state index contributed by atoms with van der Waals surface area (Å²) in [5.74, 6) is 0.551. The minimum atomic E-state index is -0.562. The fraction of sp³-hybridized carbons (Fsp3) is 0.350. The van der Waals surface area contributed by atoms with Crippen LogP contribution in [-0.4, -0.2) is 36.1 Å². The lowest BCUT2D eigenvalue weighted by molar-refractivity contribution is 0.0667. The smallest absolute Gasteiger partial charge is 0.412 e. The Labute approximate surface area is 167 Å². The average molecular weight is 438 g/mol. The topological polar surface area (TPSA) is 88.0 Å². The van der Waals surface area contributed by atoms with Crippen LogP contribution in [0, 0.1) is 5.92 Å². The number of benzene rings is 2. The quantitative estimate of drug-likeness (QED) is 0.548. The van der Waals surface area contributed by atoms with Crippen molar-refractivity contribution in [2.24, 2.45) is 5.92 Å². The Morgan fingerprint density at radius 2 is 1.74 bits per heavy atom. The predicted octanol–water partition coefficient (Wildman–Crippen LogP) is 4.13. The predicted molar refractivity (Wildman–Crippen MR) is 107 cm³/mol. The maximum atomic E-state index is 12.3. The number of nitrogens with one attached hydrogen (secondary N) is 1. The van der Waals surface area contributed by atoms with Gasteiger partial charge in [-0.05, 0) is 54.3 Å². The zero-order valence-electron chi connectivity index (χ0n) is 15.1. The highest BCUT2D eigenvalue weighted by Gasteiger charge is 2.23. The van der Waals surface area contributed by atoms with Gasteiger partial charge in [0.05, 0.1) is 6.61 Å². The summed E-state index contributed by atoms with van der Waals surface area (Å²) in [6, 6.07) is 14.4. The van der Waals surface area contributed by atoms with Crippen LogP contribution in [0.5, 0.6) is 5.75 Å². The molecule has 0 saturated carbocycles. The molecule has 2 rings (SSSR count). The van der Waals surface area contributed by atoms with Crippen molar-refractivity contribution in [2.75, 3.05) is 25.1 Å². The number of carbonyl (C=O) groups excluding carboxylic acids is 1. The fourth-order valence-electron chi connectivity index (χ4n) is 2.58. The van der Waals surface area contributed by atoms with E-state index >= 15 is 0 Å². The molecule has 1 amide bonds. The molecule has 0 aliphatic carbocycles. The summed E-state index contributed by atoms with van der Waals surface area (Å²) < 4.78 is 11.9. The van der Waals surface area contributed by atoms with Crippen molar-refractivity contribution in [3.8, 4) is 5.75 Å². The van der Waals surface area contributed by atoms with Gasteiger partial charge in [0.2, 0.25) is 0 Å². The molecule has 146 valence electrons. The first-order chi connectivity index (χ1) is 13.0. The molecule has 2 atom stereocenters. The molecule has 6 nitrogen and oxygen atoms in total. The van der Waals surface area contributed by atoms with Crippen LogP contribution in [0.1, 0.15) is 25.0 Å². The molecule has 2 aromatic rings. The second-order valence-corrected chi connectivity index (χ2v) is 7.00. The Balaban J connectivity index is 2.08. The highest BCUT2D eigenvalue weighted by molar-refractivity contribution is 9.10. The number of carbonyl (C=O) groups is 1. The summed E-state index contributed by atoms with van der Waals surface area (Å²) in [5, 5.41) is 20.8. The largest absolute Gasteiger partial charge is 0.491 e. The number of aliphatic hydroxyl groups is 2. The third-order valence-electron chi connectivity index (χ3n) is 3.99. The van der Waals surface area contributed by atoms with E-state index in [-0.39, 0.29) is 25.7 Å². The van der Waals surface area contributed by atoms with Crippen molar-refractivity contribution in [1.29, 1.82) is 0 Å². The van der Waals surface area contributed by atoms with Crippen molar-refractivity contribution < 1.29 is 24.5 Å². The van der Waals surface area contributed by atoms with Gasteiger partial charge in [0.25, 0.3) is 0 Å². The van der Waals surface area contributed by atoms with Gasteiger partial charge in [-0.1, -0.05) is 35.0 Å². The van der Waals surface area contributed by atoms with E-state index in [2.05, 4.69) is 21.2 Å². The minimum Gasteiger partial charge on any atom is -0.491 e. The van der Waals surface area contributed by atoms with Crippen molar-refractivity contribution in [3.63, 3.8) is 0 Å². The molecule has 0 aliphatic heterocycles. The molecular formula is C20H24BrNO5. The lowest BCUT2D eigenvalue weighted by Crippen LogP contribution is -2.22. The van der Waals surface area contributed by atoms with Crippen LogP contribution in [0.2, 0.25) is 0 Å².